The third-order valence-corrected chi connectivity index (χ3v) is 3.33. The highest BCUT2D eigenvalue weighted by Gasteiger charge is 2.16. The molecule has 1 fully saturated rings. The Morgan fingerprint density at radius 2 is 1.65 bits per heavy atom. The van der Waals surface area contributed by atoms with E-state index < -0.39 is 0 Å². The molecule has 0 radical (unpaired) electrons. The van der Waals surface area contributed by atoms with E-state index >= 15 is 0 Å². The van der Waals surface area contributed by atoms with Crippen molar-refractivity contribution in [3.63, 3.8) is 0 Å². The van der Waals surface area contributed by atoms with Gasteiger partial charge in [-0.05, 0) is 31.2 Å². The van der Waals surface area contributed by atoms with Crippen molar-refractivity contribution in [2.75, 3.05) is 39.9 Å². The molecule has 0 aromatic heterocycles. The number of nitrogens with one attached hydrogen (secondary N) is 1. The summed E-state index contributed by atoms with van der Waals surface area (Å²) in [5, 5.41) is 3.36. The number of hydrogen-bond acceptors (Lipinski definition) is 4. The Bertz CT molecular complexity index is 357. The van der Waals surface area contributed by atoms with Crippen LogP contribution in [0.25, 0.3) is 0 Å². The normalized spacial score (nSPS) is 16.5. The number of nitrogens with zero attached hydrogens (tertiary/aromatic N) is 1. The maximum Gasteiger partial charge on any atom is 0.119 e. The third-order valence-electron chi connectivity index (χ3n) is 3.33. The van der Waals surface area contributed by atoms with Crippen LogP contribution >= 0.6 is 24.8 Å². The molecule has 1 aromatic rings. The van der Waals surface area contributed by atoms with Gasteiger partial charge in [0.2, 0.25) is 0 Å². The van der Waals surface area contributed by atoms with Gasteiger partial charge < -0.3 is 14.8 Å². The van der Waals surface area contributed by atoms with Gasteiger partial charge >= 0.3 is 0 Å². The fourth-order valence-corrected chi connectivity index (χ4v) is 2.12. The van der Waals surface area contributed by atoms with Crippen LogP contribution in [0.5, 0.6) is 11.5 Å². The molecule has 6 heteroatoms. The first-order valence-corrected chi connectivity index (χ1v) is 6.51. The topological polar surface area (TPSA) is 33.7 Å². The minimum atomic E-state index is 0. The Balaban J connectivity index is 0.00000180. The van der Waals surface area contributed by atoms with Crippen molar-refractivity contribution in [3.05, 3.63) is 24.3 Å². The average Bonchev–Trinajstić information content (AvgIpc) is 2.46. The minimum Gasteiger partial charge on any atom is -0.497 e. The van der Waals surface area contributed by atoms with Gasteiger partial charge in [0.1, 0.15) is 18.1 Å². The summed E-state index contributed by atoms with van der Waals surface area (Å²) >= 11 is 0. The van der Waals surface area contributed by atoms with E-state index in [0.717, 1.165) is 44.3 Å². The molecule has 20 heavy (non-hydrogen) atoms. The lowest BCUT2D eigenvalue weighted by atomic mass is 10.2. The first kappa shape index (κ1) is 19.3. The largest absolute Gasteiger partial charge is 0.497 e. The van der Waals surface area contributed by atoms with Crippen molar-refractivity contribution >= 4 is 24.8 Å². The molecule has 1 aromatic carbocycles. The van der Waals surface area contributed by atoms with Crippen molar-refractivity contribution in [1.29, 1.82) is 0 Å². The predicted octanol–water partition coefficient (Wildman–Crippen LogP) is 2.21. The first-order chi connectivity index (χ1) is 8.79. The van der Waals surface area contributed by atoms with Crippen LogP contribution in [0.1, 0.15) is 6.92 Å². The molecule has 0 saturated carbocycles. The second kappa shape index (κ2) is 10.1. The second-order valence-corrected chi connectivity index (χ2v) is 4.62. The van der Waals surface area contributed by atoms with E-state index in [1.807, 2.05) is 24.3 Å². The number of benzene rings is 1. The van der Waals surface area contributed by atoms with Gasteiger partial charge in [-0.3, -0.25) is 4.90 Å². The Hall–Kier alpha value is -0.680. The van der Waals surface area contributed by atoms with Gasteiger partial charge in [-0.2, -0.15) is 0 Å². The second-order valence-electron chi connectivity index (χ2n) is 4.62. The van der Waals surface area contributed by atoms with Crippen LogP contribution in [0.3, 0.4) is 0 Å². The summed E-state index contributed by atoms with van der Waals surface area (Å²) in [5.41, 5.74) is 0. The first-order valence-electron chi connectivity index (χ1n) is 6.51. The standard InChI is InChI=1S/C14H22N2O2.2ClH/c1-12(16-9-7-15-8-10-16)11-18-14-5-3-13(17-2)4-6-14;;/h3-6,12,15H,7-11H2,1-2H3;2*1H. The lowest BCUT2D eigenvalue weighted by molar-refractivity contribution is 0.132. The van der Waals surface area contributed by atoms with Crippen LogP contribution in [0.15, 0.2) is 24.3 Å². The van der Waals surface area contributed by atoms with Gasteiger partial charge in [-0.25, -0.2) is 0 Å². The van der Waals surface area contributed by atoms with Crippen molar-refractivity contribution in [2.24, 2.45) is 0 Å². The Labute approximate surface area is 133 Å². The number of piperazine rings is 1. The number of hydrogen-bond donors (Lipinski definition) is 1. The molecular formula is C14H24Cl2N2O2. The summed E-state index contributed by atoms with van der Waals surface area (Å²) in [4.78, 5) is 2.46. The Morgan fingerprint density at radius 3 is 2.20 bits per heavy atom. The zero-order valence-electron chi connectivity index (χ0n) is 12.0. The third kappa shape index (κ3) is 5.75. The summed E-state index contributed by atoms with van der Waals surface area (Å²) < 4.78 is 10.9. The van der Waals surface area contributed by atoms with E-state index in [9.17, 15) is 0 Å². The summed E-state index contributed by atoms with van der Waals surface area (Å²) in [6.07, 6.45) is 0. The molecule has 1 unspecified atom stereocenters. The zero-order chi connectivity index (χ0) is 12.8. The van der Waals surface area contributed by atoms with E-state index in [-0.39, 0.29) is 24.8 Å². The van der Waals surface area contributed by atoms with Crippen LogP contribution in [-0.4, -0.2) is 50.8 Å². The fourth-order valence-electron chi connectivity index (χ4n) is 2.12. The van der Waals surface area contributed by atoms with Crippen LogP contribution in [0, 0.1) is 0 Å². The molecule has 0 spiro atoms. The highest BCUT2D eigenvalue weighted by molar-refractivity contribution is 5.85. The lowest BCUT2D eigenvalue weighted by Crippen LogP contribution is -2.49. The molecule has 1 aliphatic heterocycles. The molecule has 1 saturated heterocycles. The van der Waals surface area contributed by atoms with E-state index in [4.69, 9.17) is 9.47 Å². The average molecular weight is 323 g/mol. The van der Waals surface area contributed by atoms with Gasteiger partial charge in [-0.1, -0.05) is 0 Å². The zero-order valence-corrected chi connectivity index (χ0v) is 13.6. The summed E-state index contributed by atoms with van der Waals surface area (Å²) in [6, 6.07) is 8.19. The van der Waals surface area contributed by atoms with Gasteiger partial charge in [0.05, 0.1) is 7.11 Å². The van der Waals surface area contributed by atoms with Gasteiger partial charge in [-0.15, -0.1) is 24.8 Å². The monoisotopic (exact) mass is 322 g/mol. The lowest BCUT2D eigenvalue weighted by Gasteiger charge is -2.32. The Kier molecular flexibility index (Phi) is 9.76. The summed E-state index contributed by atoms with van der Waals surface area (Å²) in [6.45, 7) is 7.31. The quantitative estimate of drug-likeness (QED) is 0.901. The Morgan fingerprint density at radius 1 is 1.10 bits per heavy atom. The molecule has 4 nitrogen and oxygen atoms in total. The number of rotatable bonds is 5. The number of halogens is 2. The van der Waals surface area contributed by atoms with Gasteiger partial charge in [0.25, 0.3) is 0 Å². The summed E-state index contributed by atoms with van der Waals surface area (Å²) in [7, 11) is 1.67. The molecular weight excluding hydrogens is 299 g/mol. The SMILES string of the molecule is COc1ccc(OCC(C)N2CCNCC2)cc1.Cl.Cl. The van der Waals surface area contributed by atoms with E-state index in [1.54, 1.807) is 7.11 Å². The molecule has 0 amide bonds. The van der Waals surface area contributed by atoms with Crippen molar-refractivity contribution < 1.29 is 9.47 Å². The highest BCUT2D eigenvalue weighted by atomic mass is 35.5. The van der Waals surface area contributed by atoms with Crippen molar-refractivity contribution in [1.82, 2.24) is 10.2 Å². The minimum absolute atomic E-state index is 0. The summed E-state index contributed by atoms with van der Waals surface area (Å²) in [5.74, 6) is 1.76. The molecule has 0 bridgehead atoms. The molecule has 2 rings (SSSR count). The smallest absolute Gasteiger partial charge is 0.119 e. The van der Waals surface area contributed by atoms with Gasteiger partial charge in [0.15, 0.2) is 0 Å². The fraction of sp³-hybridized carbons (Fsp3) is 0.571. The van der Waals surface area contributed by atoms with Crippen LogP contribution in [0.4, 0.5) is 0 Å². The molecule has 1 N–H and O–H groups in total. The molecule has 1 aliphatic rings. The van der Waals surface area contributed by atoms with Crippen LogP contribution < -0.4 is 14.8 Å². The number of ether oxygens (including phenoxy) is 2. The van der Waals surface area contributed by atoms with E-state index in [0.29, 0.717) is 6.04 Å². The molecule has 1 heterocycles. The molecule has 116 valence electrons. The molecule has 0 aliphatic carbocycles. The molecule has 1 atom stereocenters. The van der Waals surface area contributed by atoms with E-state index in [1.165, 1.54) is 0 Å². The maximum absolute atomic E-state index is 5.80. The van der Waals surface area contributed by atoms with Crippen molar-refractivity contribution in [2.45, 2.75) is 13.0 Å². The maximum atomic E-state index is 5.80. The van der Waals surface area contributed by atoms with E-state index in [2.05, 4.69) is 17.1 Å². The number of methoxy groups -OCH3 is 1. The predicted molar refractivity (Wildman–Crippen MR) is 86.9 cm³/mol. The van der Waals surface area contributed by atoms with Crippen LogP contribution in [-0.2, 0) is 0 Å². The van der Waals surface area contributed by atoms with Gasteiger partial charge in [0, 0.05) is 32.2 Å². The highest BCUT2D eigenvalue weighted by Crippen LogP contribution is 2.17. The van der Waals surface area contributed by atoms with Crippen LogP contribution in [0.2, 0.25) is 0 Å². The van der Waals surface area contributed by atoms with Crippen molar-refractivity contribution in [3.8, 4) is 11.5 Å².